The monoisotopic (exact) mass is 496 g/mol. The summed E-state index contributed by atoms with van der Waals surface area (Å²) in [7, 11) is 1.63. The van der Waals surface area contributed by atoms with Gasteiger partial charge in [-0.15, -0.1) is 11.8 Å². The predicted octanol–water partition coefficient (Wildman–Crippen LogP) is 5.57. The molecular weight excluding hydrogens is 467 g/mol. The summed E-state index contributed by atoms with van der Waals surface area (Å²) in [6, 6.07) is 12.5. The Hall–Kier alpha value is -1.89. The van der Waals surface area contributed by atoms with Gasteiger partial charge in [-0.05, 0) is 55.7 Å². The summed E-state index contributed by atoms with van der Waals surface area (Å²) in [5, 5.41) is 3.80. The molecule has 0 saturated carbocycles. The molecule has 2 amide bonds. The molecule has 174 valence electrons. The molecule has 0 saturated heterocycles. The number of carbonyl (C=O) groups is 2. The van der Waals surface area contributed by atoms with Crippen molar-refractivity contribution in [1.29, 1.82) is 0 Å². The Balaban J connectivity index is 2.14. The number of nitrogens with one attached hydrogen (secondary N) is 1. The van der Waals surface area contributed by atoms with E-state index in [4.69, 9.17) is 27.9 Å². The van der Waals surface area contributed by atoms with Gasteiger partial charge in [0.05, 0.1) is 22.9 Å². The van der Waals surface area contributed by atoms with E-state index in [0.29, 0.717) is 22.2 Å². The number of nitrogens with zero attached hydrogens (tertiary/aromatic N) is 1. The summed E-state index contributed by atoms with van der Waals surface area (Å²) >= 11 is 13.7. The minimum atomic E-state index is -0.569. The molecule has 0 aliphatic carbocycles. The van der Waals surface area contributed by atoms with E-state index in [0.717, 1.165) is 16.9 Å². The predicted molar refractivity (Wildman–Crippen MR) is 134 cm³/mol. The number of halogens is 2. The Morgan fingerprint density at radius 2 is 1.72 bits per heavy atom. The fraction of sp³-hybridized carbons (Fsp3) is 0.417. The highest BCUT2D eigenvalue weighted by atomic mass is 35.5. The van der Waals surface area contributed by atoms with Gasteiger partial charge < -0.3 is 15.0 Å². The van der Waals surface area contributed by atoms with E-state index in [1.165, 1.54) is 11.8 Å². The van der Waals surface area contributed by atoms with Crippen LogP contribution in [0.25, 0.3) is 0 Å². The summed E-state index contributed by atoms with van der Waals surface area (Å²) in [5.74, 6) is 1.49. The second-order valence-corrected chi connectivity index (χ2v) is 9.50. The van der Waals surface area contributed by atoms with Crippen LogP contribution in [-0.4, -0.2) is 41.7 Å². The second-order valence-electron chi connectivity index (χ2n) is 7.70. The van der Waals surface area contributed by atoms with Crippen molar-refractivity contribution in [3.05, 3.63) is 63.6 Å². The van der Waals surface area contributed by atoms with Gasteiger partial charge in [0.15, 0.2) is 0 Å². The average Bonchev–Trinajstić information content (AvgIpc) is 2.76. The van der Waals surface area contributed by atoms with Gasteiger partial charge in [0.25, 0.3) is 0 Å². The zero-order valence-electron chi connectivity index (χ0n) is 18.9. The van der Waals surface area contributed by atoms with E-state index >= 15 is 0 Å². The maximum Gasteiger partial charge on any atom is 0.243 e. The molecule has 32 heavy (non-hydrogen) atoms. The molecule has 5 nitrogen and oxygen atoms in total. The fourth-order valence-corrected chi connectivity index (χ4v) is 4.39. The third-order valence-corrected chi connectivity index (χ3v) is 6.53. The third kappa shape index (κ3) is 7.91. The molecule has 0 aromatic heterocycles. The molecule has 0 spiro atoms. The summed E-state index contributed by atoms with van der Waals surface area (Å²) in [6.07, 6.45) is 0.509. The maximum atomic E-state index is 13.2. The Labute approximate surface area is 204 Å². The minimum Gasteiger partial charge on any atom is -0.497 e. The van der Waals surface area contributed by atoms with Gasteiger partial charge in [0.1, 0.15) is 11.8 Å². The van der Waals surface area contributed by atoms with E-state index in [9.17, 15) is 9.59 Å². The maximum absolute atomic E-state index is 13.2. The number of hydrogen-bond donors (Lipinski definition) is 1. The van der Waals surface area contributed by atoms with E-state index in [2.05, 4.69) is 5.32 Å². The van der Waals surface area contributed by atoms with Crippen LogP contribution in [0.3, 0.4) is 0 Å². The topological polar surface area (TPSA) is 58.6 Å². The first kappa shape index (κ1) is 26.4. The van der Waals surface area contributed by atoms with Gasteiger partial charge in [-0.3, -0.25) is 9.59 Å². The van der Waals surface area contributed by atoms with Gasteiger partial charge in [-0.25, -0.2) is 0 Å². The van der Waals surface area contributed by atoms with E-state index in [1.54, 1.807) is 24.1 Å². The quantitative estimate of drug-likeness (QED) is 0.441. The van der Waals surface area contributed by atoms with Crippen molar-refractivity contribution in [3.63, 3.8) is 0 Å². The number of rotatable bonds is 11. The third-order valence-electron chi connectivity index (χ3n) is 4.81. The van der Waals surface area contributed by atoms with E-state index in [-0.39, 0.29) is 30.2 Å². The number of ether oxygens (including phenoxy) is 1. The van der Waals surface area contributed by atoms with Gasteiger partial charge in [0, 0.05) is 18.3 Å². The molecule has 2 rings (SSSR count). The first-order valence-electron chi connectivity index (χ1n) is 10.5. The van der Waals surface area contributed by atoms with Crippen LogP contribution in [0.15, 0.2) is 42.5 Å². The van der Waals surface area contributed by atoms with Crippen molar-refractivity contribution in [3.8, 4) is 5.75 Å². The van der Waals surface area contributed by atoms with Gasteiger partial charge in [-0.1, -0.05) is 48.3 Å². The van der Waals surface area contributed by atoms with Gasteiger partial charge in [-0.2, -0.15) is 0 Å². The summed E-state index contributed by atoms with van der Waals surface area (Å²) in [5.41, 5.74) is 1.92. The van der Waals surface area contributed by atoms with Crippen LogP contribution in [0.1, 0.15) is 38.3 Å². The van der Waals surface area contributed by atoms with E-state index < -0.39 is 6.04 Å². The molecular formula is C24H30Cl2N2O3S. The fourth-order valence-electron chi connectivity index (χ4n) is 3.20. The second kappa shape index (κ2) is 13.0. The van der Waals surface area contributed by atoms with Crippen LogP contribution >= 0.6 is 35.0 Å². The Kier molecular flexibility index (Phi) is 10.7. The van der Waals surface area contributed by atoms with Crippen LogP contribution in [0.4, 0.5) is 0 Å². The standard InChI is InChI=1S/C24H30Cl2N2O3S/c1-5-22(24(30)27-16(2)3)28(13-18-8-11-20(25)21(26)12-18)23(29)15-32-14-17-6-9-19(31-4)10-7-17/h6-12,16,22H,5,13-15H2,1-4H3,(H,27,30)/t22-/m1/s1. The average molecular weight is 497 g/mol. The number of thioether (sulfide) groups is 1. The van der Waals surface area contributed by atoms with Crippen molar-refractivity contribution in [2.75, 3.05) is 12.9 Å². The molecule has 1 atom stereocenters. The van der Waals surface area contributed by atoms with Crippen molar-refractivity contribution in [2.45, 2.75) is 51.6 Å². The molecule has 8 heteroatoms. The zero-order chi connectivity index (χ0) is 23.7. The molecule has 0 aliphatic heterocycles. The summed E-state index contributed by atoms with van der Waals surface area (Å²) < 4.78 is 5.18. The number of methoxy groups -OCH3 is 1. The van der Waals surface area contributed by atoms with Crippen LogP contribution in [0.5, 0.6) is 5.75 Å². The highest BCUT2D eigenvalue weighted by Gasteiger charge is 2.29. The smallest absolute Gasteiger partial charge is 0.243 e. The number of carbonyl (C=O) groups excluding carboxylic acids is 2. The molecule has 2 aromatic rings. The summed E-state index contributed by atoms with van der Waals surface area (Å²) in [4.78, 5) is 27.7. The van der Waals surface area contributed by atoms with Gasteiger partial charge >= 0.3 is 0 Å². The highest BCUT2D eigenvalue weighted by Crippen LogP contribution is 2.25. The lowest BCUT2D eigenvalue weighted by atomic mass is 10.1. The molecule has 0 aliphatic rings. The number of hydrogen-bond acceptors (Lipinski definition) is 4. The molecule has 2 aromatic carbocycles. The molecule has 0 radical (unpaired) electrons. The normalized spacial score (nSPS) is 11.8. The Morgan fingerprint density at radius 1 is 1.06 bits per heavy atom. The molecule has 0 bridgehead atoms. The minimum absolute atomic E-state index is 0.0112. The molecule has 0 fully saturated rings. The van der Waals surface area contributed by atoms with Crippen LogP contribution in [0.2, 0.25) is 10.0 Å². The van der Waals surface area contributed by atoms with Crippen LogP contribution in [-0.2, 0) is 21.9 Å². The highest BCUT2D eigenvalue weighted by molar-refractivity contribution is 7.99. The van der Waals surface area contributed by atoms with Gasteiger partial charge in [0.2, 0.25) is 11.8 Å². The molecule has 0 unspecified atom stereocenters. The van der Waals surface area contributed by atoms with Crippen LogP contribution < -0.4 is 10.1 Å². The van der Waals surface area contributed by atoms with Crippen molar-refractivity contribution in [2.24, 2.45) is 0 Å². The lowest BCUT2D eigenvalue weighted by Crippen LogP contribution is -2.50. The largest absolute Gasteiger partial charge is 0.497 e. The molecule has 0 heterocycles. The number of amides is 2. The number of benzene rings is 2. The molecule has 1 N–H and O–H groups in total. The van der Waals surface area contributed by atoms with Crippen molar-refractivity contribution >= 4 is 46.8 Å². The van der Waals surface area contributed by atoms with Crippen molar-refractivity contribution in [1.82, 2.24) is 10.2 Å². The lowest BCUT2D eigenvalue weighted by Gasteiger charge is -2.31. The van der Waals surface area contributed by atoms with E-state index in [1.807, 2.05) is 51.1 Å². The zero-order valence-corrected chi connectivity index (χ0v) is 21.2. The summed E-state index contributed by atoms with van der Waals surface area (Å²) in [6.45, 7) is 5.99. The Morgan fingerprint density at radius 3 is 2.28 bits per heavy atom. The SMILES string of the molecule is CC[C@H](C(=O)NC(C)C)N(Cc1ccc(Cl)c(Cl)c1)C(=O)CSCc1ccc(OC)cc1. The Bertz CT molecular complexity index is 907. The first-order valence-corrected chi connectivity index (χ1v) is 12.4. The first-order chi connectivity index (χ1) is 15.2. The lowest BCUT2D eigenvalue weighted by molar-refractivity contribution is -0.139. The van der Waals surface area contributed by atoms with Crippen LogP contribution in [0, 0.1) is 0 Å². The van der Waals surface area contributed by atoms with Crippen molar-refractivity contribution < 1.29 is 14.3 Å².